The Kier molecular flexibility index (Phi) is 6.08. The molecule has 4 aromatic rings. The molecule has 6 heterocycles. The zero-order chi connectivity index (χ0) is 26.4. The van der Waals surface area contributed by atoms with Crippen molar-refractivity contribution in [1.82, 2.24) is 29.4 Å². The summed E-state index contributed by atoms with van der Waals surface area (Å²) in [6.07, 6.45) is 5.23. The minimum Gasteiger partial charge on any atom is -0.490 e. The largest absolute Gasteiger partial charge is 0.490 e. The molecule has 3 aliphatic rings. The van der Waals surface area contributed by atoms with Gasteiger partial charge in [-0.15, -0.1) is 0 Å². The number of fused-ring (bicyclic) bond motifs is 4. The van der Waals surface area contributed by atoms with Crippen LogP contribution < -0.4 is 9.47 Å². The normalized spacial score (nSPS) is 22.4. The number of rotatable bonds is 6. The van der Waals surface area contributed by atoms with E-state index in [1.54, 1.807) is 29.0 Å². The van der Waals surface area contributed by atoms with Crippen LogP contribution in [0.3, 0.4) is 0 Å². The molecule has 3 fully saturated rings. The molecule has 0 amide bonds. The van der Waals surface area contributed by atoms with Crippen LogP contribution in [0, 0.1) is 30.0 Å². The van der Waals surface area contributed by atoms with Crippen LogP contribution in [0.1, 0.15) is 29.7 Å². The molecule has 38 heavy (non-hydrogen) atoms. The summed E-state index contributed by atoms with van der Waals surface area (Å²) in [7, 11) is 5.38. The van der Waals surface area contributed by atoms with Crippen molar-refractivity contribution in [2.24, 2.45) is 5.92 Å². The molecule has 1 unspecified atom stereocenters. The Balaban J connectivity index is 1.38. The van der Waals surface area contributed by atoms with E-state index in [2.05, 4.69) is 36.2 Å². The minimum absolute atomic E-state index is 0.143. The van der Waals surface area contributed by atoms with Crippen molar-refractivity contribution in [2.75, 3.05) is 26.7 Å². The molecular formula is C27H25FN7O2Si. The van der Waals surface area contributed by atoms with Crippen LogP contribution >= 0.6 is 0 Å². The minimum atomic E-state index is -0.512. The zero-order valence-electron chi connectivity index (χ0n) is 21.1. The van der Waals surface area contributed by atoms with Crippen LogP contribution in [0.15, 0.2) is 36.7 Å². The smallest absolute Gasteiger partial charge is 0.318 e. The first-order valence-corrected chi connectivity index (χ1v) is 13.0. The summed E-state index contributed by atoms with van der Waals surface area (Å²) in [5.74, 6) is 0.980. The Morgan fingerprint density at radius 2 is 2.00 bits per heavy atom. The number of imidazole rings is 1. The van der Waals surface area contributed by atoms with Gasteiger partial charge in [-0.1, -0.05) is 6.07 Å². The first-order valence-electron chi connectivity index (χ1n) is 12.5. The molecule has 0 N–H and O–H groups in total. The topological polar surface area (TPSA) is 102 Å². The molecule has 1 atom stereocenters. The van der Waals surface area contributed by atoms with Gasteiger partial charge in [0.25, 0.3) is 0 Å². The van der Waals surface area contributed by atoms with E-state index in [0.29, 0.717) is 51.0 Å². The summed E-state index contributed by atoms with van der Waals surface area (Å²) < 4.78 is 28.9. The van der Waals surface area contributed by atoms with E-state index in [1.165, 1.54) is 19.4 Å². The van der Waals surface area contributed by atoms with Crippen LogP contribution in [-0.2, 0) is 6.54 Å². The third-order valence-electron chi connectivity index (χ3n) is 7.42. The molecule has 0 aliphatic carbocycles. The van der Waals surface area contributed by atoms with Gasteiger partial charge < -0.3 is 14.0 Å². The highest BCUT2D eigenvalue weighted by molar-refractivity contribution is 6.15. The first kappa shape index (κ1) is 24.5. The number of halogens is 1. The number of hydrogen-bond donors (Lipinski definition) is 0. The predicted octanol–water partition coefficient (Wildman–Crippen LogP) is 3.23. The van der Waals surface area contributed by atoms with E-state index >= 15 is 4.39 Å². The van der Waals surface area contributed by atoms with Crippen LogP contribution in [0.4, 0.5) is 4.39 Å². The summed E-state index contributed by atoms with van der Waals surface area (Å²) >= 11 is 0. The Bertz CT molecular complexity index is 1580. The second-order valence-corrected chi connectivity index (χ2v) is 10.7. The van der Waals surface area contributed by atoms with Gasteiger partial charge in [-0.2, -0.15) is 15.2 Å². The summed E-state index contributed by atoms with van der Waals surface area (Å²) in [5, 5.41) is 8.86. The molecule has 2 bridgehead atoms. The molecule has 9 nitrogen and oxygen atoms in total. The van der Waals surface area contributed by atoms with Crippen molar-refractivity contribution >= 4 is 21.4 Å². The molecule has 3 radical (unpaired) electrons. The van der Waals surface area contributed by atoms with E-state index < -0.39 is 11.0 Å². The maximum Gasteiger partial charge on any atom is 0.318 e. The average molecular weight is 527 g/mol. The predicted molar refractivity (Wildman–Crippen MR) is 138 cm³/mol. The standard InChI is InChI=1S/C27H25FN7O2Si/c1-16-23-25(33-26(31-16)36-2)35(24(32-23)19-9-17(11-29)12-30-13-19)14-18-3-4-21(10-22(18)28)37-27(38)15-34-7-5-20(27)6-8-34/h3-4,9-10,12-13,20H,5-8,14-15H2,1-2H3. The van der Waals surface area contributed by atoms with E-state index in [1.807, 2.05) is 6.92 Å². The summed E-state index contributed by atoms with van der Waals surface area (Å²) in [5.41, 5.74) is 3.13. The fourth-order valence-electron chi connectivity index (χ4n) is 5.43. The van der Waals surface area contributed by atoms with Gasteiger partial charge in [-0.05, 0) is 50.9 Å². The molecule has 0 spiro atoms. The summed E-state index contributed by atoms with van der Waals surface area (Å²) in [4.78, 5) is 20.2. The van der Waals surface area contributed by atoms with Crippen molar-refractivity contribution < 1.29 is 13.9 Å². The second-order valence-electron chi connectivity index (χ2n) is 9.86. The van der Waals surface area contributed by atoms with Gasteiger partial charge in [-0.25, -0.2) is 9.37 Å². The van der Waals surface area contributed by atoms with Crippen molar-refractivity contribution in [3.63, 3.8) is 0 Å². The van der Waals surface area contributed by atoms with E-state index in [-0.39, 0.29) is 12.6 Å². The maximum atomic E-state index is 15.5. The second kappa shape index (κ2) is 9.45. The lowest BCUT2D eigenvalue weighted by atomic mass is 9.85. The number of methoxy groups -OCH3 is 1. The van der Waals surface area contributed by atoms with E-state index in [0.717, 1.165) is 32.5 Å². The number of pyridine rings is 1. The molecule has 3 aromatic heterocycles. The molecule has 3 aliphatic heterocycles. The Morgan fingerprint density at radius 1 is 1.18 bits per heavy atom. The number of piperidine rings is 3. The lowest BCUT2D eigenvalue weighted by Gasteiger charge is -2.51. The van der Waals surface area contributed by atoms with E-state index in [9.17, 15) is 5.26 Å². The highest BCUT2D eigenvalue weighted by Crippen LogP contribution is 2.37. The Hall–Kier alpha value is -3.88. The monoisotopic (exact) mass is 526 g/mol. The highest BCUT2D eigenvalue weighted by atomic mass is 28.1. The number of benzene rings is 1. The van der Waals surface area contributed by atoms with Crippen molar-refractivity contribution in [3.8, 4) is 29.2 Å². The lowest BCUT2D eigenvalue weighted by Crippen LogP contribution is -2.62. The Morgan fingerprint density at radius 3 is 2.68 bits per heavy atom. The highest BCUT2D eigenvalue weighted by Gasteiger charge is 2.45. The number of ether oxygens (including phenoxy) is 2. The van der Waals surface area contributed by atoms with Crippen molar-refractivity contribution in [3.05, 3.63) is 59.3 Å². The van der Waals surface area contributed by atoms with Gasteiger partial charge in [0.15, 0.2) is 5.65 Å². The van der Waals surface area contributed by atoms with Gasteiger partial charge >= 0.3 is 6.01 Å². The first-order chi connectivity index (χ1) is 18.4. The SMILES string of the molecule is COc1nc(C)c2nc(-c3cncc(C#N)c3)n(Cc3ccc(OC4([Si])CN5CCC4CC5)cc3F)c2n1. The van der Waals surface area contributed by atoms with Crippen LogP contribution in [-0.4, -0.2) is 71.6 Å². The molecule has 11 heteroatoms. The number of hydrogen-bond acceptors (Lipinski definition) is 8. The number of nitriles is 1. The fraction of sp³-hybridized carbons (Fsp3) is 0.370. The van der Waals surface area contributed by atoms with Crippen LogP contribution in [0.2, 0.25) is 0 Å². The molecular weight excluding hydrogens is 501 g/mol. The molecule has 3 saturated heterocycles. The third-order valence-corrected chi connectivity index (χ3v) is 8.08. The number of aryl methyl sites for hydroxylation is 1. The van der Waals surface area contributed by atoms with E-state index in [4.69, 9.17) is 14.5 Å². The Labute approximate surface area is 222 Å². The summed E-state index contributed by atoms with van der Waals surface area (Å²) in [6, 6.07) is 8.96. The molecule has 191 valence electrons. The van der Waals surface area contributed by atoms with Crippen molar-refractivity contribution in [2.45, 2.75) is 31.5 Å². The molecule has 1 aromatic carbocycles. The third kappa shape index (κ3) is 4.29. The molecule has 7 rings (SSSR count). The average Bonchev–Trinajstić information content (AvgIpc) is 3.29. The quantitative estimate of drug-likeness (QED) is 0.353. The molecule has 0 saturated carbocycles. The van der Waals surface area contributed by atoms with Gasteiger partial charge in [0.2, 0.25) is 0 Å². The number of nitrogens with zero attached hydrogens (tertiary/aromatic N) is 7. The lowest BCUT2D eigenvalue weighted by molar-refractivity contribution is -0.0378. The van der Waals surface area contributed by atoms with Gasteiger partial charge in [0.1, 0.15) is 34.2 Å². The van der Waals surface area contributed by atoms with Crippen molar-refractivity contribution in [1.29, 1.82) is 5.26 Å². The zero-order valence-corrected chi connectivity index (χ0v) is 22.1. The maximum absolute atomic E-state index is 15.5. The number of aromatic nitrogens is 5. The fourth-order valence-corrected chi connectivity index (χ4v) is 6.06. The van der Waals surface area contributed by atoms with Gasteiger partial charge in [-0.3, -0.25) is 9.88 Å². The van der Waals surface area contributed by atoms with Gasteiger partial charge in [0.05, 0.1) is 35.2 Å². The van der Waals surface area contributed by atoms with Crippen LogP contribution in [0.25, 0.3) is 22.6 Å². The summed E-state index contributed by atoms with van der Waals surface area (Å²) in [6.45, 7) is 4.89. The van der Waals surface area contributed by atoms with Gasteiger partial charge in [0, 0.05) is 36.1 Å². The van der Waals surface area contributed by atoms with Crippen LogP contribution in [0.5, 0.6) is 11.8 Å².